The lowest BCUT2D eigenvalue weighted by Crippen LogP contribution is -2.37. The Morgan fingerprint density at radius 1 is 1.17 bits per heavy atom. The highest BCUT2D eigenvalue weighted by Crippen LogP contribution is 2.15. The highest BCUT2D eigenvalue weighted by Gasteiger charge is 2.03. The van der Waals surface area contributed by atoms with Crippen LogP contribution in [0.2, 0.25) is 0 Å². The SMILES string of the molecule is CN=C(NCCc1ccc(OC(C)C)cc1)NCc1sccc1C. The van der Waals surface area contributed by atoms with Gasteiger partial charge in [-0.3, -0.25) is 4.99 Å². The van der Waals surface area contributed by atoms with Gasteiger partial charge in [0.1, 0.15) is 5.75 Å². The van der Waals surface area contributed by atoms with Gasteiger partial charge >= 0.3 is 0 Å². The van der Waals surface area contributed by atoms with Gasteiger partial charge in [0.05, 0.1) is 12.6 Å². The summed E-state index contributed by atoms with van der Waals surface area (Å²) >= 11 is 1.77. The van der Waals surface area contributed by atoms with Crippen molar-refractivity contribution in [3.8, 4) is 5.75 Å². The summed E-state index contributed by atoms with van der Waals surface area (Å²) in [6, 6.07) is 10.4. The zero-order valence-corrected chi connectivity index (χ0v) is 15.7. The molecule has 4 nitrogen and oxygen atoms in total. The number of rotatable bonds is 7. The smallest absolute Gasteiger partial charge is 0.191 e. The third kappa shape index (κ3) is 5.89. The molecule has 5 heteroatoms. The summed E-state index contributed by atoms with van der Waals surface area (Å²) in [5.74, 6) is 1.76. The van der Waals surface area contributed by atoms with Crippen LogP contribution in [0, 0.1) is 6.92 Å². The molecule has 0 radical (unpaired) electrons. The van der Waals surface area contributed by atoms with Crippen molar-refractivity contribution in [1.29, 1.82) is 0 Å². The van der Waals surface area contributed by atoms with E-state index >= 15 is 0 Å². The number of nitrogens with one attached hydrogen (secondary N) is 2. The number of aryl methyl sites for hydroxylation is 1. The largest absolute Gasteiger partial charge is 0.491 e. The molecule has 0 aliphatic heterocycles. The molecule has 1 heterocycles. The minimum Gasteiger partial charge on any atom is -0.491 e. The second-order valence-corrected chi connectivity index (χ2v) is 6.94. The number of guanidine groups is 1. The number of hydrogen-bond acceptors (Lipinski definition) is 3. The van der Waals surface area contributed by atoms with Crippen LogP contribution in [0.3, 0.4) is 0 Å². The molecule has 0 unspecified atom stereocenters. The lowest BCUT2D eigenvalue weighted by Gasteiger charge is -2.12. The number of ether oxygens (including phenoxy) is 1. The summed E-state index contributed by atoms with van der Waals surface area (Å²) in [4.78, 5) is 5.62. The number of benzene rings is 1. The molecule has 1 aromatic heterocycles. The second-order valence-electron chi connectivity index (χ2n) is 5.94. The van der Waals surface area contributed by atoms with E-state index in [0.717, 1.165) is 31.2 Å². The Morgan fingerprint density at radius 2 is 1.92 bits per heavy atom. The maximum Gasteiger partial charge on any atom is 0.191 e. The molecule has 0 aliphatic rings. The van der Waals surface area contributed by atoms with Gasteiger partial charge in [-0.2, -0.15) is 0 Å². The molecule has 130 valence electrons. The van der Waals surface area contributed by atoms with Gasteiger partial charge in [0.15, 0.2) is 5.96 Å². The van der Waals surface area contributed by atoms with Gasteiger partial charge < -0.3 is 15.4 Å². The average Bonchev–Trinajstić information content (AvgIpc) is 2.97. The fraction of sp³-hybridized carbons (Fsp3) is 0.421. The summed E-state index contributed by atoms with van der Waals surface area (Å²) in [5.41, 5.74) is 2.61. The first-order valence-electron chi connectivity index (χ1n) is 8.31. The molecule has 2 rings (SSSR count). The third-order valence-electron chi connectivity index (χ3n) is 3.61. The lowest BCUT2D eigenvalue weighted by atomic mass is 10.1. The fourth-order valence-electron chi connectivity index (χ4n) is 2.30. The van der Waals surface area contributed by atoms with Crippen LogP contribution in [0.1, 0.15) is 29.9 Å². The van der Waals surface area contributed by atoms with E-state index in [2.05, 4.69) is 46.1 Å². The zero-order valence-electron chi connectivity index (χ0n) is 14.9. The minimum absolute atomic E-state index is 0.207. The number of hydrogen-bond donors (Lipinski definition) is 2. The molecule has 0 spiro atoms. The molecule has 1 aromatic carbocycles. The first kappa shape index (κ1) is 18.3. The predicted octanol–water partition coefficient (Wildman–Crippen LogP) is 3.75. The van der Waals surface area contributed by atoms with Crippen LogP contribution in [0.25, 0.3) is 0 Å². The van der Waals surface area contributed by atoms with Crippen molar-refractivity contribution >= 4 is 17.3 Å². The van der Waals surface area contributed by atoms with Crippen molar-refractivity contribution in [2.75, 3.05) is 13.6 Å². The molecular formula is C19H27N3OS. The molecule has 0 fully saturated rings. The van der Waals surface area contributed by atoms with E-state index in [0.29, 0.717) is 0 Å². The van der Waals surface area contributed by atoms with E-state index < -0.39 is 0 Å². The highest BCUT2D eigenvalue weighted by molar-refractivity contribution is 7.10. The van der Waals surface area contributed by atoms with E-state index in [1.807, 2.05) is 26.0 Å². The molecule has 0 bridgehead atoms. The van der Waals surface area contributed by atoms with Crippen molar-refractivity contribution in [3.63, 3.8) is 0 Å². The van der Waals surface area contributed by atoms with Crippen molar-refractivity contribution in [3.05, 3.63) is 51.7 Å². The Kier molecular flexibility index (Phi) is 7.12. The Labute approximate surface area is 149 Å². The Morgan fingerprint density at radius 3 is 2.50 bits per heavy atom. The van der Waals surface area contributed by atoms with Gasteiger partial charge in [-0.05, 0) is 61.9 Å². The van der Waals surface area contributed by atoms with Crippen molar-refractivity contribution < 1.29 is 4.74 Å². The Bertz CT molecular complexity index is 647. The fourth-order valence-corrected chi connectivity index (χ4v) is 3.15. The highest BCUT2D eigenvalue weighted by atomic mass is 32.1. The van der Waals surface area contributed by atoms with E-state index in [-0.39, 0.29) is 6.10 Å². The normalized spacial score (nSPS) is 11.6. The molecular weight excluding hydrogens is 318 g/mol. The number of aliphatic imine (C=N–C) groups is 1. The van der Waals surface area contributed by atoms with Crippen molar-refractivity contribution in [1.82, 2.24) is 10.6 Å². The van der Waals surface area contributed by atoms with Crippen LogP contribution in [-0.4, -0.2) is 25.7 Å². The molecule has 0 saturated carbocycles. The molecule has 0 saturated heterocycles. The standard InChI is InChI=1S/C19H27N3OS/c1-14(2)23-17-7-5-16(6-8-17)9-11-21-19(20-4)22-13-18-15(3)10-12-24-18/h5-8,10,12,14H,9,11,13H2,1-4H3,(H2,20,21,22). The molecule has 0 atom stereocenters. The summed E-state index contributed by atoms with van der Waals surface area (Å²) in [7, 11) is 1.80. The lowest BCUT2D eigenvalue weighted by molar-refractivity contribution is 0.242. The number of nitrogens with zero attached hydrogens (tertiary/aromatic N) is 1. The quantitative estimate of drug-likeness (QED) is 0.593. The molecule has 2 N–H and O–H groups in total. The minimum atomic E-state index is 0.207. The summed E-state index contributed by atoms with van der Waals surface area (Å²) in [6.07, 6.45) is 1.15. The van der Waals surface area contributed by atoms with Crippen LogP contribution in [0.15, 0.2) is 40.7 Å². The Balaban J connectivity index is 1.74. The molecule has 0 amide bonds. The monoisotopic (exact) mass is 345 g/mol. The summed E-state index contributed by atoms with van der Waals surface area (Å²) in [5, 5.41) is 8.84. The topological polar surface area (TPSA) is 45.7 Å². The van der Waals surface area contributed by atoms with E-state index in [1.54, 1.807) is 18.4 Å². The average molecular weight is 346 g/mol. The van der Waals surface area contributed by atoms with Crippen LogP contribution >= 0.6 is 11.3 Å². The van der Waals surface area contributed by atoms with E-state index in [9.17, 15) is 0 Å². The van der Waals surface area contributed by atoms with E-state index in [4.69, 9.17) is 4.74 Å². The molecule has 2 aromatic rings. The summed E-state index contributed by atoms with van der Waals surface area (Å²) < 4.78 is 5.66. The Hall–Kier alpha value is -2.01. The van der Waals surface area contributed by atoms with Gasteiger partial charge in [-0.1, -0.05) is 12.1 Å². The zero-order chi connectivity index (χ0) is 17.4. The first-order chi connectivity index (χ1) is 11.6. The maximum atomic E-state index is 5.66. The van der Waals surface area contributed by atoms with E-state index in [1.165, 1.54) is 16.0 Å². The molecule has 0 aliphatic carbocycles. The van der Waals surface area contributed by atoms with Crippen LogP contribution in [-0.2, 0) is 13.0 Å². The third-order valence-corrected chi connectivity index (χ3v) is 4.63. The van der Waals surface area contributed by atoms with Gasteiger partial charge in [-0.15, -0.1) is 11.3 Å². The maximum absolute atomic E-state index is 5.66. The van der Waals surface area contributed by atoms with Crippen LogP contribution in [0.4, 0.5) is 0 Å². The second kappa shape index (κ2) is 9.33. The van der Waals surface area contributed by atoms with Crippen LogP contribution < -0.4 is 15.4 Å². The molecule has 24 heavy (non-hydrogen) atoms. The summed E-state index contributed by atoms with van der Waals surface area (Å²) in [6.45, 7) is 7.86. The van der Waals surface area contributed by atoms with Crippen molar-refractivity contribution in [2.45, 2.75) is 39.8 Å². The van der Waals surface area contributed by atoms with Gasteiger partial charge in [0.2, 0.25) is 0 Å². The van der Waals surface area contributed by atoms with Gasteiger partial charge in [0.25, 0.3) is 0 Å². The number of thiophene rings is 1. The first-order valence-corrected chi connectivity index (χ1v) is 9.19. The van der Waals surface area contributed by atoms with Crippen molar-refractivity contribution in [2.24, 2.45) is 4.99 Å². The van der Waals surface area contributed by atoms with Gasteiger partial charge in [0, 0.05) is 18.5 Å². The van der Waals surface area contributed by atoms with Gasteiger partial charge in [-0.25, -0.2) is 0 Å². The van der Waals surface area contributed by atoms with Crippen LogP contribution in [0.5, 0.6) is 5.75 Å². The predicted molar refractivity (Wildman–Crippen MR) is 103 cm³/mol.